The van der Waals surface area contributed by atoms with Gasteiger partial charge in [0.1, 0.15) is 17.4 Å². The zero-order valence-corrected chi connectivity index (χ0v) is 18.1. The van der Waals surface area contributed by atoms with Crippen molar-refractivity contribution < 1.29 is 9.84 Å². The van der Waals surface area contributed by atoms with Crippen LogP contribution in [-0.2, 0) is 13.0 Å². The Hall–Kier alpha value is -3.63. The number of halogens is 1. The fraction of sp³-hybridized carbons (Fsp3) is 0.217. The van der Waals surface area contributed by atoms with Gasteiger partial charge in [-0.1, -0.05) is 29.8 Å². The maximum absolute atomic E-state index is 13.1. The molecular weight excluding hydrogens is 416 g/mol. The first-order valence-corrected chi connectivity index (χ1v) is 9.91. The van der Waals surface area contributed by atoms with Crippen LogP contribution in [0.25, 0.3) is 0 Å². The molecule has 0 atom stereocenters. The van der Waals surface area contributed by atoms with Gasteiger partial charge < -0.3 is 9.84 Å². The van der Waals surface area contributed by atoms with Crippen LogP contribution in [-0.4, -0.2) is 16.8 Å². The Morgan fingerprint density at radius 1 is 1.13 bits per heavy atom. The van der Waals surface area contributed by atoms with Gasteiger partial charge in [-0.3, -0.25) is 9.36 Å². The first-order chi connectivity index (χ1) is 14.9. The lowest BCUT2D eigenvalue weighted by molar-refractivity contribution is 0.403. The lowest BCUT2D eigenvalue weighted by Crippen LogP contribution is -2.22. The minimum Gasteiger partial charge on any atom is -0.497 e. The third-order valence-corrected chi connectivity index (χ3v) is 5.46. The molecule has 0 aliphatic heterocycles. The van der Waals surface area contributed by atoms with Crippen molar-refractivity contribution in [2.75, 3.05) is 7.11 Å². The van der Waals surface area contributed by atoms with E-state index in [0.29, 0.717) is 17.1 Å². The number of aryl methyl sites for hydroxylation is 1. The molecule has 0 saturated carbocycles. The van der Waals surface area contributed by atoms with Crippen LogP contribution in [0.4, 0.5) is 11.4 Å². The molecule has 0 saturated heterocycles. The molecule has 0 amide bonds. The summed E-state index contributed by atoms with van der Waals surface area (Å²) in [5.74, 6) is 0.348. The maximum atomic E-state index is 13.1. The highest BCUT2D eigenvalue weighted by atomic mass is 35.5. The monoisotopic (exact) mass is 436 g/mol. The smallest absolute Gasteiger partial charge is 0.281 e. The molecule has 1 heterocycles. The lowest BCUT2D eigenvalue weighted by atomic mass is 10.1. The molecule has 158 valence electrons. The highest BCUT2D eigenvalue weighted by Gasteiger charge is 2.19. The Bertz CT molecular complexity index is 1240. The molecule has 1 aromatic heterocycles. The number of hydrogen-bond acceptors (Lipinski definition) is 6. The van der Waals surface area contributed by atoms with Gasteiger partial charge in [0.2, 0.25) is 5.88 Å². The van der Waals surface area contributed by atoms with Crippen molar-refractivity contribution in [2.24, 2.45) is 10.2 Å². The zero-order valence-electron chi connectivity index (χ0n) is 17.4. The molecular formula is C23H21ClN4O3. The minimum atomic E-state index is -0.522. The average Bonchev–Trinajstić information content (AvgIpc) is 2.77. The van der Waals surface area contributed by atoms with E-state index in [1.54, 1.807) is 39.2 Å². The molecule has 0 aliphatic carbocycles. The van der Waals surface area contributed by atoms with Crippen molar-refractivity contribution in [1.29, 1.82) is 5.26 Å². The Kier molecular flexibility index (Phi) is 6.73. The van der Waals surface area contributed by atoms with Gasteiger partial charge in [-0.2, -0.15) is 10.4 Å². The summed E-state index contributed by atoms with van der Waals surface area (Å²) in [7, 11) is 1.59. The fourth-order valence-electron chi connectivity index (χ4n) is 3.11. The average molecular weight is 437 g/mol. The van der Waals surface area contributed by atoms with E-state index in [4.69, 9.17) is 16.3 Å². The van der Waals surface area contributed by atoms with E-state index in [9.17, 15) is 15.2 Å². The number of methoxy groups -OCH3 is 1. The van der Waals surface area contributed by atoms with Crippen LogP contribution < -0.4 is 10.3 Å². The number of aromatic hydroxyl groups is 1. The number of hydrogen-bond donors (Lipinski definition) is 1. The number of azo groups is 1. The first-order valence-electron chi connectivity index (χ1n) is 9.53. The Labute approximate surface area is 184 Å². The van der Waals surface area contributed by atoms with Crippen LogP contribution in [0.5, 0.6) is 11.6 Å². The van der Waals surface area contributed by atoms with Gasteiger partial charge in [-0.05, 0) is 55.7 Å². The van der Waals surface area contributed by atoms with Crippen molar-refractivity contribution in [3.8, 4) is 17.7 Å². The summed E-state index contributed by atoms with van der Waals surface area (Å²) in [4.78, 5) is 13.1. The van der Waals surface area contributed by atoms with Crippen molar-refractivity contribution in [1.82, 2.24) is 4.57 Å². The molecule has 3 rings (SSSR count). The number of benzene rings is 2. The predicted molar refractivity (Wildman–Crippen MR) is 119 cm³/mol. The Morgan fingerprint density at radius 2 is 1.84 bits per heavy atom. The highest BCUT2D eigenvalue weighted by molar-refractivity contribution is 6.31. The molecule has 0 radical (unpaired) electrons. The summed E-state index contributed by atoms with van der Waals surface area (Å²) in [5.41, 5.74) is 1.94. The molecule has 0 fully saturated rings. The molecule has 31 heavy (non-hydrogen) atoms. The number of nitrogens with zero attached hydrogens (tertiary/aromatic N) is 4. The summed E-state index contributed by atoms with van der Waals surface area (Å²) < 4.78 is 6.29. The quantitative estimate of drug-likeness (QED) is 0.525. The van der Waals surface area contributed by atoms with Gasteiger partial charge in [0, 0.05) is 17.1 Å². The largest absolute Gasteiger partial charge is 0.497 e. The SMILES string of the molecule is COc1ccc(CCn2c(O)c(C#N)c(C)c(N=Nc3cccc(Cl)c3C)c2=O)cc1. The minimum absolute atomic E-state index is 0.00320. The molecule has 3 aromatic rings. The van der Waals surface area contributed by atoms with E-state index in [1.165, 1.54) is 0 Å². The van der Waals surface area contributed by atoms with Gasteiger partial charge in [0.25, 0.3) is 5.56 Å². The molecule has 1 N–H and O–H groups in total. The van der Waals surface area contributed by atoms with Crippen molar-refractivity contribution in [3.05, 3.63) is 80.1 Å². The van der Waals surface area contributed by atoms with E-state index < -0.39 is 5.56 Å². The van der Waals surface area contributed by atoms with E-state index >= 15 is 0 Å². The van der Waals surface area contributed by atoms with Gasteiger partial charge in [-0.15, -0.1) is 5.11 Å². The molecule has 2 aromatic carbocycles. The third kappa shape index (κ3) is 4.60. The summed E-state index contributed by atoms with van der Waals surface area (Å²) in [6, 6.07) is 14.6. The molecule has 0 unspecified atom stereocenters. The van der Waals surface area contributed by atoms with Gasteiger partial charge >= 0.3 is 0 Å². The second-order valence-electron chi connectivity index (χ2n) is 6.92. The Morgan fingerprint density at radius 3 is 2.48 bits per heavy atom. The van der Waals surface area contributed by atoms with Gasteiger partial charge in [0.05, 0.1) is 12.8 Å². The van der Waals surface area contributed by atoms with Crippen LogP contribution in [0.3, 0.4) is 0 Å². The normalized spacial score (nSPS) is 10.9. The predicted octanol–water partition coefficient (Wildman–Crippen LogP) is 5.36. The lowest BCUT2D eigenvalue weighted by Gasteiger charge is -2.13. The summed E-state index contributed by atoms with van der Waals surface area (Å²) in [6.07, 6.45) is 0.468. The number of rotatable bonds is 6. The molecule has 0 bridgehead atoms. The van der Waals surface area contributed by atoms with Crippen molar-refractivity contribution in [2.45, 2.75) is 26.8 Å². The van der Waals surface area contributed by atoms with Gasteiger partial charge in [-0.25, -0.2) is 0 Å². The number of pyridine rings is 1. The van der Waals surface area contributed by atoms with E-state index in [0.717, 1.165) is 21.4 Å². The third-order valence-electron chi connectivity index (χ3n) is 5.05. The maximum Gasteiger partial charge on any atom is 0.281 e. The van der Waals surface area contributed by atoms with E-state index in [2.05, 4.69) is 10.2 Å². The fourth-order valence-corrected chi connectivity index (χ4v) is 3.28. The summed E-state index contributed by atoms with van der Waals surface area (Å²) in [5, 5.41) is 28.9. The van der Waals surface area contributed by atoms with Gasteiger partial charge in [0.15, 0.2) is 5.69 Å². The van der Waals surface area contributed by atoms with E-state index in [-0.39, 0.29) is 29.2 Å². The van der Waals surface area contributed by atoms with Crippen LogP contribution in [0.15, 0.2) is 57.5 Å². The van der Waals surface area contributed by atoms with Crippen molar-refractivity contribution >= 4 is 23.0 Å². The standard InChI is InChI=1S/C23H21ClN4O3/c1-14-18(13-25)22(29)28(12-11-16-7-9-17(31-3)10-8-16)23(30)21(14)27-26-20-6-4-5-19(24)15(20)2/h4-10,29H,11-12H2,1-3H3. The second kappa shape index (κ2) is 9.45. The second-order valence-corrected chi connectivity index (χ2v) is 7.33. The van der Waals surface area contributed by atoms with E-state index in [1.807, 2.05) is 30.3 Å². The summed E-state index contributed by atoms with van der Waals surface area (Å²) >= 11 is 6.12. The number of aromatic nitrogens is 1. The number of nitriles is 1. The molecule has 8 heteroatoms. The molecule has 0 spiro atoms. The topological polar surface area (TPSA) is 100.0 Å². The van der Waals surface area contributed by atoms with Crippen LogP contribution in [0, 0.1) is 25.2 Å². The molecule has 7 nitrogen and oxygen atoms in total. The number of ether oxygens (including phenoxy) is 1. The van der Waals surface area contributed by atoms with Crippen molar-refractivity contribution in [3.63, 3.8) is 0 Å². The van der Waals surface area contributed by atoms with Crippen LogP contribution in [0.1, 0.15) is 22.3 Å². The molecule has 0 aliphatic rings. The highest BCUT2D eigenvalue weighted by Crippen LogP contribution is 2.30. The first kappa shape index (κ1) is 22.1. The summed E-state index contributed by atoms with van der Waals surface area (Å²) in [6.45, 7) is 3.53. The zero-order chi connectivity index (χ0) is 22.5. The van der Waals surface area contributed by atoms with Crippen LogP contribution in [0.2, 0.25) is 5.02 Å². The van der Waals surface area contributed by atoms with Crippen LogP contribution >= 0.6 is 11.6 Å². The Balaban J connectivity index is 2.00.